The van der Waals surface area contributed by atoms with Crippen LogP contribution in [0.1, 0.15) is 17.3 Å². The van der Waals surface area contributed by atoms with Gasteiger partial charge in [-0.25, -0.2) is 0 Å². The second-order valence-electron chi connectivity index (χ2n) is 7.38. The van der Waals surface area contributed by atoms with Crippen molar-refractivity contribution < 1.29 is 9.26 Å². The third kappa shape index (κ3) is 4.83. The van der Waals surface area contributed by atoms with Gasteiger partial charge in [-0.2, -0.15) is 4.98 Å². The zero-order valence-corrected chi connectivity index (χ0v) is 19.8. The first-order valence-corrected chi connectivity index (χ1v) is 11.9. The van der Waals surface area contributed by atoms with Gasteiger partial charge in [0, 0.05) is 12.0 Å². The van der Waals surface area contributed by atoms with Crippen molar-refractivity contribution in [1.29, 1.82) is 0 Å². The summed E-state index contributed by atoms with van der Waals surface area (Å²) in [4.78, 5) is 4.53. The molecule has 0 aliphatic carbocycles. The molecular formula is C25H20ClN5O2S. The molecule has 0 N–H and O–H groups in total. The highest BCUT2D eigenvalue weighted by Crippen LogP contribution is 2.33. The number of methoxy groups -OCH3 is 1. The quantitative estimate of drug-likeness (QED) is 0.252. The van der Waals surface area contributed by atoms with E-state index in [1.54, 1.807) is 7.11 Å². The van der Waals surface area contributed by atoms with E-state index in [1.807, 2.05) is 83.4 Å². The molecule has 0 fully saturated rings. The summed E-state index contributed by atoms with van der Waals surface area (Å²) in [5.41, 5.74) is 2.90. The molecule has 9 heteroatoms. The zero-order valence-electron chi connectivity index (χ0n) is 18.3. The zero-order chi connectivity index (χ0) is 23.3. The lowest BCUT2D eigenvalue weighted by Gasteiger charge is -2.12. The Balaban J connectivity index is 1.42. The molecule has 0 unspecified atom stereocenters. The molecule has 0 amide bonds. The fraction of sp³-hybridized carbons (Fsp3) is 0.120. The van der Waals surface area contributed by atoms with Crippen molar-refractivity contribution >= 4 is 23.4 Å². The van der Waals surface area contributed by atoms with Gasteiger partial charge in [-0.15, -0.1) is 10.2 Å². The number of thioether (sulfide) groups is 1. The van der Waals surface area contributed by atoms with E-state index < -0.39 is 0 Å². The van der Waals surface area contributed by atoms with Gasteiger partial charge in [0.1, 0.15) is 5.75 Å². The average molecular weight is 490 g/mol. The number of aromatic nitrogens is 5. The molecule has 0 atom stereocenters. The average Bonchev–Trinajstić information content (AvgIpc) is 3.50. The SMILES string of the molecule is COc1ccc(-n2c(SCc3nc(Cc4ccccc4)no3)nnc2-c2ccccc2)cc1Cl. The number of benzene rings is 3. The monoisotopic (exact) mass is 489 g/mol. The molecule has 2 heterocycles. The molecule has 0 aliphatic heterocycles. The van der Waals surface area contributed by atoms with Crippen LogP contribution in [-0.2, 0) is 12.2 Å². The number of halogens is 1. The second kappa shape index (κ2) is 10.1. The van der Waals surface area contributed by atoms with E-state index in [1.165, 1.54) is 11.8 Å². The van der Waals surface area contributed by atoms with Crippen LogP contribution in [0.25, 0.3) is 17.1 Å². The highest BCUT2D eigenvalue weighted by Gasteiger charge is 2.18. The fourth-order valence-corrected chi connectivity index (χ4v) is 4.53. The summed E-state index contributed by atoms with van der Waals surface area (Å²) >= 11 is 7.88. The van der Waals surface area contributed by atoms with Crippen molar-refractivity contribution in [3.05, 3.63) is 101 Å². The van der Waals surface area contributed by atoms with Crippen LogP contribution in [-0.4, -0.2) is 32.0 Å². The van der Waals surface area contributed by atoms with Crippen LogP contribution in [0.3, 0.4) is 0 Å². The van der Waals surface area contributed by atoms with Gasteiger partial charge in [-0.3, -0.25) is 4.57 Å². The molecular weight excluding hydrogens is 470 g/mol. The molecule has 0 saturated carbocycles. The van der Waals surface area contributed by atoms with Crippen LogP contribution in [0.5, 0.6) is 5.75 Å². The summed E-state index contributed by atoms with van der Waals surface area (Å²) in [5, 5.41) is 14.2. The number of hydrogen-bond acceptors (Lipinski definition) is 7. The Kier molecular flexibility index (Phi) is 6.60. The van der Waals surface area contributed by atoms with Gasteiger partial charge in [0.05, 0.1) is 23.6 Å². The smallest absolute Gasteiger partial charge is 0.237 e. The largest absolute Gasteiger partial charge is 0.495 e. The number of rotatable bonds is 8. The van der Waals surface area contributed by atoms with Crippen LogP contribution in [0.15, 0.2) is 88.5 Å². The molecule has 5 aromatic rings. The summed E-state index contributed by atoms with van der Waals surface area (Å²) in [6.07, 6.45) is 0.619. The standard InChI is InChI=1S/C25H20ClN5O2S/c1-32-21-13-12-19(15-20(21)26)31-24(18-10-6-3-7-11-18)28-29-25(31)34-16-23-27-22(30-33-23)14-17-8-4-2-5-9-17/h2-13,15H,14,16H2,1H3. The number of ether oxygens (including phenoxy) is 1. The molecule has 2 aromatic heterocycles. The molecule has 34 heavy (non-hydrogen) atoms. The third-order valence-corrected chi connectivity index (χ3v) is 6.31. The number of hydrogen-bond donors (Lipinski definition) is 0. The van der Waals surface area contributed by atoms with E-state index in [0.29, 0.717) is 45.6 Å². The Morgan fingerprint density at radius 2 is 1.74 bits per heavy atom. The molecule has 170 valence electrons. The van der Waals surface area contributed by atoms with Gasteiger partial charge >= 0.3 is 0 Å². The molecule has 0 saturated heterocycles. The van der Waals surface area contributed by atoms with E-state index in [0.717, 1.165) is 16.8 Å². The molecule has 0 spiro atoms. The van der Waals surface area contributed by atoms with Crippen LogP contribution >= 0.6 is 23.4 Å². The van der Waals surface area contributed by atoms with E-state index in [-0.39, 0.29) is 0 Å². The van der Waals surface area contributed by atoms with Crippen LogP contribution in [0.2, 0.25) is 5.02 Å². The second-order valence-corrected chi connectivity index (χ2v) is 8.73. The first kappa shape index (κ1) is 22.2. The van der Waals surface area contributed by atoms with E-state index in [2.05, 4.69) is 20.3 Å². The summed E-state index contributed by atoms with van der Waals surface area (Å²) in [7, 11) is 1.59. The van der Waals surface area contributed by atoms with E-state index in [9.17, 15) is 0 Å². The Morgan fingerprint density at radius 3 is 2.47 bits per heavy atom. The highest BCUT2D eigenvalue weighted by molar-refractivity contribution is 7.98. The van der Waals surface area contributed by atoms with Gasteiger partial charge in [0.15, 0.2) is 16.8 Å². The molecule has 0 aliphatic rings. The highest BCUT2D eigenvalue weighted by atomic mass is 35.5. The van der Waals surface area contributed by atoms with Crippen molar-refractivity contribution in [2.75, 3.05) is 7.11 Å². The lowest BCUT2D eigenvalue weighted by Crippen LogP contribution is -2.00. The lowest BCUT2D eigenvalue weighted by molar-refractivity contribution is 0.385. The summed E-state index contributed by atoms with van der Waals surface area (Å²) in [5.74, 6) is 2.94. The van der Waals surface area contributed by atoms with Crippen molar-refractivity contribution in [2.45, 2.75) is 17.3 Å². The van der Waals surface area contributed by atoms with Gasteiger partial charge in [-0.05, 0) is 23.8 Å². The van der Waals surface area contributed by atoms with Gasteiger partial charge in [-0.1, -0.05) is 89.2 Å². The predicted octanol–water partition coefficient (Wildman–Crippen LogP) is 5.86. The summed E-state index contributed by atoms with van der Waals surface area (Å²) in [6, 6.07) is 25.5. The maximum Gasteiger partial charge on any atom is 0.237 e. The van der Waals surface area contributed by atoms with Gasteiger partial charge < -0.3 is 9.26 Å². The summed E-state index contributed by atoms with van der Waals surface area (Å²) < 4.78 is 12.7. The molecule has 0 radical (unpaired) electrons. The Morgan fingerprint density at radius 1 is 0.971 bits per heavy atom. The molecule has 0 bridgehead atoms. The maximum absolute atomic E-state index is 6.42. The van der Waals surface area contributed by atoms with Gasteiger partial charge in [0.25, 0.3) is 0 Å². The molecule has 7 nitrogen and oxygen atoms in total. The van der Waals surface area contributed by atoms with Crippen LogP contribution in [0.4, 0.5) is 0 Å². The van der Waals surface area contributed by atoms with Crippen molar-refractivity contribution in [1.82, 2.24) is 24.9 Å². The first-order chi connectivity index (χ1) is 16.7. The topological polar surface area (TPSA) is 78.9 Å². The van der Waals surface area contributed by atoms with Crippen LogP contribution < -0.4 is 4.74 Å². The Bertz CT molecular complexity index is 1390. The Hall–Kier alpha value is -3.62. The van der Waals surface area contributed by atoms with Crippen molar-refractivity contribution in [3.8, 4) is 22.8 Å². The Labute approximate surface area is 205 Å². The molecule has 5 rings (SSSR count). The minimum atomic E-state index is 0.457. The fourth-order valence-electron chi connectivity index (χ4n) is 3.49. The molecule has 3 aromatic carbocycles. The minimum Gasteiger partial charge on any atom is -0.495 e. The van der Waals surface area contributed by atoms with E-state index in [4.69, 9.17) is 20.9 Å². The predicted molar refractivity (Wildman–Crippen MR) is 131 cm³/mol. The normalized spacial score (nSPS) is 11.0. The number of nitrogens with zero attached hydrogens (tertiary/aromatic N) is 5. The summed E-state index contributed by atoms with van der Waals surface area (Å²) in [6.45, 7) is 0. The van der Waals surface area contributed by atoms with E-state index >= 15 is 0 Å². The lowest BCUT2D eigenvalue weighted by atomic mass is 10.1. The van der Waals surface area contributed by atoms with Gasteiger partial charge in [0.2, 0.25) is 5.89 Å². The van der Waals surface area contributed by atoms with Crippen molar-refractivity contribution in [2.24, 2.45) is 0 Å². The van der Waals surface area contributed by atoms with Crippen molar-refractivity contribution in [3.63, 3.8) is 0 Å². The maximum atomic E-state index is 6.42. The van der Waals surface area contributed by atoms with Crippen LogP contribution in [0, 0.1) is 0 Å². The minimum absolute atomic E-state index is 0.457. The first-order valence-electron chi connectivity index (χ1n) is 10.5. The third-order valence-electron chi connectivity index (χ3n) is 5.10.